The molecule has 0 aromatic carbocycles. The maximum Gasteiger partial charge on any atom is 0.352 e. The fourth-order valence-corrected chi connectivity index (χ4v) is 4.75. The van der Waals surface area contributed by atoms with E-state index < -0.39 is 29.2 Å². The van der Waals surface area contributed by atoms with Gasteiger partial charge in [-0.05, 0) is 12.5 Å². The van der Waals surface area contributed by atoms with Gasteiger partial charge in [0.2, 0.25) is 0 Å². The molecule has 136 valence electrons. The number of carbonyl (C=O) groups excluding carboxylic acids is 2. The number of aryl methyl sites for hydroxylation is 1. The number of carboxylic acids is 1. The summed E-state index contributed by atoms with van der Waals surface area (Å²) in [5.74, 6) is -1.74. The predicted molar refractivity (Wildman–Crippen MR) is 99.2 cm³/mol. The SMILES string of the molecule is C=CC1=C(C(=O)O)N2C(=O)[C@@H](NC(=O)C(=NC)c3csc(C)n3)[C@H]2SC1. The number of nitrogens with zero attached hydrogens (tertiary/aromatic N) is 3. The number of thioether (sulfide) groups is 1. The van der Waals surface area contributed by atoms with Crippen LogP contribution >= 0.6 is 23.1 Å². The van der Waals surface area contributed by atoms with Gasteiger partial charge in [-0.15, -0.1) is 23.1 Å². The molecule has 8 nitrogen and oxygen atoms in total. The van der Waals surface area contributed by atoms with Crippen molar-refractivity contribution in [3.05, 3.63) is 40.0 Å². The zero-order valence-corrected chi connectivity index (χ0v) is 15.7. The van der Waals surface area contributed by atoms with Crippen molar-refractivity contribution in [3.8, 4) is 0 Å². The number of fused-ring (bicyclic) bond motifs is 1. The van der Waals surface area contributed by atoms with Gasteiger partial charge in [-0.1, -0.05) is 12.7 Å². The van der Waals surface area contributed by atoms with Crippen LogP contribution in [0, 0.1) is 6.92 Å². The van der Waals surface area contributed by atoms with Crippen LogP contribution in [-0.2, 0) is 14.4 Å². The highest BCUT2D eigenvalue weighted by Gasteiger charge is 2.54. The first-order valence-corrected chi connectivity index (χ1v) is 9.55. The van der Waals surface area contributed by atoms with Crippen molar-refractivity contribution in [2.75, 3.05) is 12.8 Å². The predicted octanol–water partition coefficient (Wildman–Crippen LogP) is 0.795. The smallest absolute Gasteiger partial charge is 0.352 e. The highest BCUT2D eigenvalue weighted by Crippen LogP contribution is 2.40. The van der Waals surface area contributed by atoms with E-state index in [0.29, 0.717) is 17.0 Å². The van der Waals surface area contributed by atoms with Crippen molar-refractivity contribution in [2.24, 2.45) is 4.99 Å². The van der Waals surface area contributed by atoms with Crippen LogP contribution in [0.15, 0.2) is 34.3 Å². The van der Waals surface area contributed by atoms with Crippen LogP contribution < -0.4 is 5.32 Å². The van der Waals surface area contributed by atoms with Gasteiger partial charge in [0.05, 0.1) is 5.01 Å². The van der Waals surface area contributed by atoms with Gasteiger partial charge in [-0.3, -0.25) is 19.5 Å². The van der Waals surface area contributed by atoms with E-state index in [1.165, 1.54) is 41.1 Å². The van der Waals surface area contributed by atoms with Crippen LogP contribution in [0.5, 0.6) is 0 Å². The molecule has 1 aromatic rings. The van der Waals surface area contributed by atoms with Crippen LogP contribution in [0.2, 0.25) is 0 Å². The molecule has 2 N–H and O–H groups in total. The summed E-state index contributed by atoms with van der Waals surface area (Å²) in [6, 6.07) is -0.801. The second-order valence-corrected chi connectivity index (χ2v) is 7.74. The third-order valence-electron chi connectivity index (χ3n) is 4.03. The monoisotopic (exact) mass is 392 g/mol. The molecule has 0 aliphatic carbocycles. The van der Waals surface area contributed by atoms with Crippen molar-refractivity contribution < 1.29 is 19.5 Å². The minimum Gasteiger partial charge on any atom is -0.477 e. The number of carbonyl (C=O) groups is 3. The summed E-state index contributed by atoms with van der Waals surface area (Å²) in [4.78, 5) is 45.9. The van der Waals surface area contributed by atoms with Gasteiger partial charge in [0, 0.05) is 18.2 Å². The Morgan fingerprint density at radius 1 is 1.54 bits per heavy atom. The summed E-state index contributed by atoms with van der Waals surface area (Å²) in [5, 5.41) is 14.1. The Hall–Kier alpha value is -2.46. The lowest BCUT2D eigenvalue weighted by Crippen LogP contribution is -2.71. The molecule has 1 fully saturated rings. The van der Waals surface area contributed by atoms with E-state index in [9.17, 15) is 19.5 Å². The highest BCUT2D eigenvalue weighted by molar-refractivity contribution is 8.00. The van der Waals surface area contributed by atoms with Gasteiger partial charge >= 0.3 is 5.97 Å². The molecule has 3 rings (SSSR count). The third-order valence-corrected chi connectivity index (χ3v) is 6.11. The van der Waals surface area contributed by atoms with Gasteiger partial charge in [0.25, 0.3) is 11.8 Å². The van der Waals surface area contributed by atoms with Crippen LogP contribution in [-0.4, -0.2) is 62.7 Å². The van der Waals surface area contributed by atoms with E-state index in [1.54, 1.807) is 5.38 Å². The molecule has 0 radical (unpaired) electrons. The average Bonchev–Trinajstić information content (AvgIpc) is 3.04. The van der Waals surface area contributed by atoms with E-state index in [1.807, 2.05) is 6.92 Å². The Morgan fingerprint density at radius 2 is 2.27 bits per heavy atom. The van der Waals surface area contributed by atoms with E-state index in [2.05, 4.69) is 21.9 Å². The van der Waals surface area contributed by atoms with E-state index in [0.717, 1.165) is 5.01 Å². The van der Waals surface area contributed by atoms with Crippen molar-refractivity contribution in [1.82, 2.24) is 15.2 Å². The zero-order chi connectivity index (χ0) is 19.0. The topological polar surface area (TPSA) is 112 Å². The molecule has 10 heteroatoms. The molecule has 0 saturated carbocycles. The fraction of sp³-hybridized carbons (Fsp3) is 0.312. The van der Waals surface area contributed by atoms with Gasteiger partial charge in [-0.2, -0.15) is 0 Å². The van der Waals surface area contributed by atoms with E-state index >= 15 is 0 Å². The lowest BCUT2D eigenvalue weighted by molar-refractivity contribution is -0.150. The number of aliphatic imine (C=N–C) groups is 1. The number of rotatable bonds is 5. The summed E-state index contributed by atoms with van der Waals surface area (Å²) < 4.78 is 0. The largest absolute Gasteiger partial charge is 0.477 e. The molecule has 0 bridgehead atoms. The van der Waals surface area contributed by atoms with E-state index in [-0.39, 0.29) is 11.4 Å². The lowest BCUT2D eigenvalue weighted by atomic mass is 10.0. The van der Waals surface area contributed by atoms with Crippen molar-refractivity contribution in [3.63, 3.8) is 0 Å². The second kappa shape index (κ2) is 7.04. The van der Waals surface area contributed by atoms with Crippen LogP contribution in [0.1, 0.15) is 10.7 Å². The molecule has 3 heterocycles. The minimum absolute atomic E-state index is 0.0706. The average molecular weight is 392 g/mol. The number of thiazole rings is 1. The van der Waals surface area contributed by atoms with Gasteiger partial charge in [0.15, 0.2) is 0 Å². The quantitative estimate of drug-likeness (QED) is 0.566. The summed E-state index contributed by atoms with van der Waals surface area (Å²) >= 11 is 2.78. The molecule has 0 spiro atoms. The maximum absolute atomic E-state index is 12.5. The summed E-state index contributed by atoms with van der Waals surface area (Å²) in [6.07, 6.45) is 1.44. The van der Waals surface area contributed by atoms with Gasteiger partial charge in [0.1, 0.15) is 28.5 Å². The highest BCUT2D eigenvalue weighted by atomic mass is 32.2. The third kappa shape index (κ3) is 2.95. The first kappa shape index (κ1) is 18.3. The summed E-state index contributed by atoms with van der Waals surface area (Å²) in [7, 11) is 1.48. The number of nitrogens with one attached hydrogen (secondary N) is 1. The minimum atomic E-state index is -1.18. The van der Waals surface area contributed by atoms with Crippen LogP contribution in [0.3, 0.4) is 0 Å². The van der Waals surface area contributed by atoms with E-state index in [4.69, 9.17) is 0 Å². The van der Waals surface area contributed by atoms with Gasteiger partial charge < -0.3 is 10.4 Å². The Kier molecular flexibility index (Phi) is 4.97. The molecular formula is C16H16N4O4S2. The van der Waals surface area contributed by atoms with Crippen molar-refractivity contribution in [2.45, 2.75) is 18.3 Å². The molecule has 2 amide bonds. The van der Waals surface area contributed by atoms with Crippen LogP contribution in [0.4, 0.5) is 0 Å². The Balaban J connectivity index is 1.78. The standard InChI is InChI=1S/C16H16N4O4S2/c1-4-8-5-26-15-11(14(22)20(15)12(8)16(23)24)19-13(21)10(17-3)9-6-25-7(2)18-9/h4,6,11,15H,1,5H2,2-3H3,(H,19,21)(H,23,24)/t11-,15-/m1/s1. The molecule has 26 heavy (non-hydrogen) atoms. The summed E-state index contributed by atoms with van der Waals surface area (Å²) in [5.41, 5.74) is 1.01. The van der Waals surface area contributed by atoms with Gasteiger partial charge in [-0.25, -0.2) is 9.78 Å². The first-order valence-electron chi connectivity index (χ1n) is 7.62. The molecular weight excluding hydrogens is 376 g/mol. The number of hydrogen-bond acceptors (Lipinski definition) is 7. The molecule has 2 aliphatic rings. The molecule has 1 aromatic heterocycles. The number of hydrogen-bond donors (Lipinski definition) is 2. The molecule has 0 unspecified atom stereocenters. The fourth-order valence-electron chi connectivity index (χ4n) is 2.81. The van der Waals surface area contributed by atoms with Crippen molar-refractivity contribution >= 4 is 46.6 Å². The van der Waals surface area contributed by atoms with Crippen molar-refractivity contribution in [1.29, 1.82) is 0 Å². The number of amides is 2. The maximum atomic E-state index is 12.5. The molecule has 1 saturated heterocycles. The zero-order valence-electron chi connectivity index (χ0n) is 14.1. The summed E-state index contributed by atoms with van der Waals surface area (Å²) in [6.45, 7) is 5.42. The second-order valence-electron chi connectivity index (χ2n) is 5.57. The number of carboxylic acid groups (broad SMARTS) is 1. The van der Waals surface area contributed by atoms with Crippen LogP contribution in [0.25, 0.3) is 0 Å². The molecule has 2 aliphatic heterocycles. The lowest BCUT2D eigenvalue weighted by Gasteiger charge is -2.49. The normalized spacial score (nSPS) is 22.6. The first-order chi connectivity index (χ1) is 12.4. The number of aliphatic carboxylic acids is 1. The molecule has 2 atom stereocenters. The number of allylic oxidation sites excluding steroid dienone is 1. The number of aromatic nitrogens is 1. The number of β-lactam (4-membered cyclic amide) rings is 1. The Morgan fingerprint density at radius 3 is 2.81 bits per heavy atom. The Labute approximate surface area is 157 Å². The Bertz CT molecular complexity index is 873.